The van der Waals surface area contributed by atoms with Gasteiger partial charge < -0.3 is 15.3 Å². The van der Waals surface area contributed by atoms with E-state index in [0.717, 1.165) is 18.5 Å². The van der Waals surface area contributed by atoms with Gasteiger partial charge in [-0.1, -0.05) is 0 Å². The van der Waals surface area contributed by atoms with Crippen LogP contribution >= 0.6 is 0 Å². The van der Waals surface area contributed by atoms with E-state index >= 15 is 0 Å². The second-order valence-electron chi connectivity index (χ2n) is 2.26. The quantitative estimate of drug-likeness (QED) is 0.646. The van der Waals surface area contributed by atoms with Crippen molar-refractivity contribution in [3.8, 4) is 0 Å². The molecule has 11 heavy (non-hydrogen) atoms. The molecule has 0 unspecified atom stereocenters. The summed E-state index contributed by atoms with van der Waals surface area (Å²) in [6, 6.07) is 0. The van der Waals surface area contributed by atoms with Gasteiger partial charge in [0.15, 0.2) is 0 Å². The number of aliphatic hydroxyl groups is 1. The standard InChI is InChI=1S/C7H12N2O2/c8-4-7-9-6(5-11-7)2-1-3-10/h5,10H,1-4,8H2. The largest absolute Gasteiger partial charge is 0.447 e. The lowest BCUT2D eigenvalue weighted by molar-refractivity contribution is 0.288. The van der Waals surface area contributed by atoms with E-state index in [1.54, 1.807) is 6.26 Å². The molecule has 0 aromatic carbocycles. The van der Waals surface area contributed by atoms with E-state index in [2.05, 4.69) is 4.98 Å². The van der Waals surface area contributed by atoms with Gasteiger partial charge in [0.2, 0.25) is 5.89 Å². The van der Waals surface area contributed by atoms with Crippen molar-refractivity contribution in [3.63, 3.8) is 0 Å². The Hall–Kier alpha value is -0.870. The highest BCUT2D eigenvalue weighted by Crippen LogP contribution is 2.03. The van der Waals surface area contributed by atoms with Crippen molar-refractivity contribution in [1.82, 2.24) is 4.98 Å². The smallest absolute Gasteiger partial charge is 0.207 e. The molecular formula is C7H12N2O2. The van der Waals surface area contributed by atoms with Crippen LogP contribution in [0.2, 0.25) is 0 Å². The summed E-state index contributed by atoms with van der Waals surface area (Å²) in [6.07, 6.45) is 3.05. The van der Waals surface area contributed by atoms with Gasteiger partial charge >= 0.3 is 0 Å². The fraction of sp³-hybridized carbons (Fsp3) is 0.571. The van der Waals surface area contributed by atoms with Gasteiger partial charge in [0.1, 0.15) is 6.26 Å². The van der Waals surface area contributed by atoms with Gasteiger partial charge in [0, 0.05) is 6.61 Å². The fourth-order valence-electron chi connectivity index (χ4n) is 0.818. The van der Waals surface area contributed by atoms with Crippen molar-refractivity contribution in [2.75, 3.05) is 6.61 Å². The van der Waals surface area contributed by atoms with Crippen molar-refractivity contribution < 1.29 is 9.52 Å². The van der Waals surface area contributed by atoms with Gasteiger partial charge in [-0.25, -0.2) is 4.98 Å². The average Bonchev–Trinajstić information content (AvgIpc) is 2.48. The molecule has 0 amide bonds. The van der Waals surface area contributed by atoms with E-state index in [9.17, 15) is 0 Å². The van der Waals surface area contributed by atoms with Crippen molar-refractivity contribution in [3.05, 3.63) is 17.8 Å². The highest BCUT2D eigenvalue weighted by Gasteiger charge is 2.00. The van der Waals surface area contributed by atoms with Crippen LogP contribution in [-0.2, 0) is 13.0 Å². The molecule has 0 fully saturated rings. The summed E-state index contributed by atoms with van der Waals surface area (Å²) in [7, 11) is 0. The Kier molecular flexibility index (Phi) is 3.07. The van der Waals surface area contributed by atoms with Crippen LogP contribution in [0.1, 0.15) is 18.0 Å². The Morgan fingerprint density at radius 3 is 3.00 bits per heavy atom. The summed E-state index contributed by atoms with van der Waals surface area (Å²) < 4.78 is 4.99. The molecule has 4 nitrogen and oxygen atoms in total. The Balaban J connectivity index is 2.44. The highest BCUT2D eigenvalue weighted by atomic mass is 16.3. The molecule has 62 valence electrons. The number of oxazole rings is 1. The molecule has 1 heterocycles. The lowest BCUT2D eigenvalue weighted by Gasteiger charge is -1.88. The Labute approximate surface area is 65.0 Å². The van der Waals surface area contributed by atoms with Gasteiger partial charge in [-0.15, -0.1) is 0 Å². The van der Waals surface area contributed by atoms with Crippen LogP contribution in [0.25, 0.3) is 0 Å². The van der Waals surface area contributed by atoms with E-state index < -0.39 is 0 Å². The minimum atomic E-state index is 0.185. The maximum Gasteiger partial charge on any atom is 0.207 e. The number of aromatic nitrogens is 1. The summed E-state index contributed by atoms with van der Waals surface area (Å²) >= 11 is 0. The first-order valence-corrected chi connectivity index (χ1v) is 3.61. The van der Waals surface area contributed by atoms with Crippen LogP contribution < -0.4 is 5.73 Å². The molecule has 3 N–H and O–H groups in total. The molecular weight excluding hydrogens is 144 g/mol. The summed E-state index contributed by atoms with van der Waals surface area (Å²) in [5.41, 5.74) is 6.15. The first-order chi connectivity index (χ1) is 5.36. The monoisotopic (exact) mass is 156 g/mol. The van der Waals surface area contributed by atoms with Crippen molar-refractivity contribution >= 4 is 0 Å². The normalized spacial score (nSPS) is 10.4. The predicted octanol–water partition coefficient (Wildman–Crippen LogP) is 0.0582. The molecule has 0 aliphatic heterocycles. The maximum atomic E-state index is 8.51. The van der Waals surface area contributed by atoms with Gasteiger partial charge in [-0.2, -0.15) is 0 Å². The average molecular weight is 156 g/mol. The van der Waals surface area contributed by atoms with Crippen LogP contribution in [-0.4, -0.2) is 16.7 Å². The third kappa shape index (κ3) is 2.32. The van der Waals surface area contributed by atoms with Crippen molar-refractivity contribution in [2.45, 2.75) is 19.4 Å². The van der Waals surface area contributed by atoms with E-state index in [-0.39, 0.29) is 6.61 Å². The number of nitrogens with zero attached hydrogens (tertiary/aromatic N) is 1. The van der Waals surface area contributed by atoms with Crippen LogP contribution in [0, 0.1) is 0 Å². The van der Waals surface area contributed by atoms with Crippen LogP contribution in [0.4, 0.5) is 0 Å². The molecule has 1 aromatic rings. The lowest BCUT2D eigenvalue weighted by Crippen LogP contribution is -1.97. The Morgan fingerprint density at radius 1 is 1.64 bits per heavy atom. The second kappa shape index (κ2) is 4.10. The predicted molar refractivity (Wildman–Crippen MR) is 39.8 cm³/mol. The number of aryl methyl sites for hydroxylation is 1. The van der Waals surface area contributed by atoms with E-state index in [1.807, 2.05) is 0 Å². The third-order valence-electron chi connectivity index (χ3n) is 1.36. The number of nitrogens with two attached hydrogens (primary N) is 1. The zero-order chi connectivity index (χ0) is 8.10. The number of rotatable bonds is 4. The van der Waals surface area contributed by atoms with Crippen LogP contribution in [0.5, 0.6) is 0 Å². The SMILES string of the molecule is NCc1nc(CCCO)co1. The summed E-state index contributed by atoms with van der Waals surface area (Å²) in [6.45, 7) is 0.518. The minimum absolute atomic E-state index is 0.185. The molecule has 0 spiro atoms. The van der Waals surface area contributed by atoms with E-state index in [1.165, 1.54) is 0 Å². The van der Waals surface area contributed by atoms with Crippen LogP contribution in [0.15, 0.2) is 10.7 Å². The molecule has 0 aliphatic rings. The Bertz CT molecular complexity index is 210. The molecule has 0 saturated carbocycles. The second-order valence-corrected chi connectivity index (χ2v) is 2.26. The zero-order valence-electron chi connectivity index (χ0n) is 6.29. The minimum Gasteiger partial charge on any atom is -0.447 e. The van der Waals surface area contributed by atoms with Gasteiger partial charge in [-0.05, 0) is 12.8 Å². The summed E-state index contributed by atoms with van der Waals surface area (Å²) in [4.78, 5) is 4.06. The van der Waals surface area contributed by atoms with Crippen LogP contribution in [0.3, 0.4) is 0 Å². The summed E-state index contributed by atoms with van der Waals surface area (Å²) in [5.74, 6) is 0.554. The molecule has 1 rings (SSSR count). The molecule has 1 aromatic heterocycles. The zero-order valence-corrected chi connectivity index (χ0v) is 6.29. The number of hydrogen-bond donors (Lipinski definition) is 2. The number of aliphatic hydroxyl groups excluding tert-OH is 1. The molecule has 4 heteroatoms. The van der Waals surface area contributed by atoms with E-state index in [0.29, 0.717) is 12.4 Å². The molecule has 0 saturated heterocycles. The van der Waals surface area contributed by atoms with Gasteiger partial charge in [0.05, 0.1) is 12.2 Å². The van der Waals surface area contributed by atoms with Gasteiger partial charge in [-0.3, -0.25) is 0 Å². The topological polar surface area (TPSA) is 72.3 Å². The molecule has 0 bridgehead atoms. The van der Waals surface area contributed by atoms with Gasteiger partial charge in [0.25, 0.3) is 0 Å². The van der Waals surface area contributed by atoms with Crippen molar-refractivity contribution in [1.29, 1.82) is 0 Å². The lowest BCUT2D eigenvalue weighted by atomic mass is 10.3. The van der Waals surface area contributed by atoms with Crippen molar-refractivity contribution in [2.24, 2.45) is 5.73 Å². The first kappa shape index (κ1) is 8.23. The third-order valence-corrected chi connectivity index (χ3v) is 1.36. The number of hydrogen-bond acceptors (Lipinski definition) is 4. The maximum absolute atomic E-state index is 8.51. The summed E-state index contributed by atoms with van der Waals surface area (Å²) in [5, 5.41) is 8.51. The van der Waals surface area contributed by atoms with E-state index in [4.69, 9.17) is 15.3 Å². The fourth-order valence-corrected chi connectivity index (χ4v) is 0.818. The highest BCUT2D eigenvalue weighted by molar-refractivity contribution is 4.96. The Morgan fingerprint density at radius 2 is 2.45 bits per heavy atom. The first-order valence-electron chi connectivity index (χ1n) is 3.61. The molecule has 0 atom stereocenters. The molecule has 0 aliphatic carbocycles. The molecule has 0 radical (unpaired) electrons.